The Morgan fingerprint density at radius 2 is 2.00 bits per heavy atom. The van der Waals surface area contributed by atoms with Crippen LogP contribution in [0.5, 0.6) is 0 Å². The number of ether oxygens (including phenoxy) is 1. The molecule has 0 saturated heterocycles. The largest absolute Gasteiger partial charge is 0.512 e. The molecule has 0 aromatic rings. The van der Waals surface area contributed by atoms with Gasteiger partial charge in [0.2, 0.25) is 0 Å². The number of aliphatic hydroxyl groups is 1. The predicted octanol–water partition coefficient (Wildman–Crippen LogP) is 3.61. The molecule has 0 bridgehead atoms. The number of allylic oxidation sites excluding steroid dienone is 3. The van der Waals surface area contributed by atoms with Crippen LogP contribution in [0.25, 0.3) is 0 Å². The van der Waals surface area contributed by atoms with E-state index in [0.29, 0.717) is 24.5 Å². The molecule has 0 aromatic carbocycles. The van der Waals surface area contributed by atoms with Crippen molar-refractivity contribution < 1.29 is 14.6 Å². The van der Waals surface area contributed by atoms with Crippen LogP contribution in [0.3, 0.4) is 0 Å². The molecule has 0 fully saturated rings. The van der Waals surface area contributed by atoms with Gasteiger partial charge >= 0.3 is 0 Å². The van der Waals surface area contributed by atoms with E-state index in [-0.39, 0.29) is 23.7 Å². The van der Waals surface area contributed by atoms with Crippen LogP contribution in [-0.4, -0.2) is 41.7 Å². The Kier molecular flexibility index (Phi) is 5.35. The molecular weight excluding hydrogens is 290 g/mol. The average Bonchev–Trinajstić information content (AvgIpc) is 2.62. The van der Waals surface area contributed by atoms with Gasteiger partial charge in [0.1, 0.15) is 11.9 Å². The third-order valence-electron chi connectivity index (χ3n) is 4.77. The van der Waals surface area contributed by atoms with Crippen LogP contribution >= 0.6 is 0 Å². The first-order valence-corrected chi connectivity index (χ1v) is 8.40. The second-order valence-corrected chi connectivity index (χ2v) is 7.27. The van der Waals surface area contributed by atoms with E-state index >= 15 is 0 Å². The average molecular weight is 319 g/mol. The van der Waals surface area contributed by atoms with Crippen molar-refractivity contribution in [3.05, 3.63) is 34.6 Å². The molecule has 0 aromatic heterocycles. The molecule has 1 amide bonds. The van der Waals surface area contributed by atoms with Crippen molar-refractivity contribution in [3.63, 3.8) is 0 Å². The van der Waals surface area contributed by atoms with Gasteiger partial charge in [-0.3, -0.25) is 4.79 Å². The lowest BCUT2D eigenvalue weighted by atomic mass is 9.90. The molecule has 2 unspecified atom stereocenters. The normalized spacial score (nSPS) is 30.1. The molecular formula is C19H29NO3. The van der Waals surface area contributed by atoms with E-state index in [4.69, 9.17) is 4.74 Å². The second kappa shape index (κ2) is 6.91. The minimum atomic E-state index is -0.487. The number of hydrogen-bond donors (Lipinski definition) is 1. The molecule has 0 spiro atoms. The lowest BCUT2D eigenvalue weighted by molar-refractivity contribution is -0.127. The monoisotopic (exact) mass is 319 g/mol. The summed E-state index contributed by atoms with van der Waals surface area (Å²) < 4.78 is 6.06. The Morgan fingerprint density at radius 1 is 1.35 bits per heavy atom. The molecule has 128 valence electrons. The Bertz CT molecular complexity index is 571. The summed E-state index contributed by atoms with van der Waals surface area (Å²) in [4.78, 5) is 14.6. The van der Waals surface area contributed by atoms with E-state index in [1.165, 1.54) is 0 Å². The summed E-state index contributed by atoms with van der Waals surface area (Å²) >= 11 is 0. The lowest BCUT2D eigenvalue weighted by Gasteiger charge is -2.26. The van der Waals surface area contributed by atoms with Gasteiger partial charge in [-0.25, -0.2) is 0 Å². The molecule has 4 nitrogen and oxygen atoms in total. The quantitative estimate of drug-likeness (QED) is 0.846. The molecule has 0 aliphatic carbocycles. The molecule has 0 radical (unpaired) electrons. The summed E-state index contributed by atoms with van der Waals surface area (Å²) in [5.41, 5.74) is 2.47. The number of carbonyl (C=O) groups excluding carboxylic acids is 1. The number of carbonyl (C=O) groups is 1. The molecule has 2 aliphatic heterocycles. The van der Waals surface area contributed by atoms with Crippen LogP contribution in [0.2, 0.25) is 0 Å². The predicted molar refractivity (Wildman–Crippen MR) is 92.1 cm³/mol. The third kappa shape index (κ3) is 3.86. The Labute approximate surface area is 139 Å². The van der Waals surface area contributed by atoms with Crippen molar-refractivity contribution in [1.29, 1.82) is 0 Å². The van der Waals surface area contributed by atoms with Crippen molar-refractivity contribution in [1.82, 2.24) is 4.90 Å². The highest BCUT2D eigenvalue weighted by atomic mass is 16.5. The topological polar surface area (TPSA) is 49.8 Å². The zero-order valence-electron chi connectivity index (χ0n) is 15.1. The van der Waals surface area contributed by atoms with Crippen molar-refractivity contribution in [3.8, 4) is 0 Å². The minimum absolute atomic E-state index is 0.101. The Balaban J connectivity index is 2.44. The van der Waals surface area contributed by atoms with Crippen molar-refractivity contribution in [2.45, 2.75) is 53.2 Å². The Morgan fingerprint density at radius 3 is 2.61 bits per heavy atom. The van der Waals surface area contributed by atoms with Gasteiger partial charge in [-0.1, -0.05) is 31.6 Å². The van der Waals surface area contributed by atoms with E-state index in [2.05, 4.69) is 13.8 Å². The van der Waals surface area contributed by atoms with Crippen LogP contribution in [0.15, 0.2) is 34.6 Å². The van der Waals surface area contributed by atoms with Crippen LogP contribution in [0.1, 0.15) is 41.0 Å². The zero-order chi connectivity index (χ0) is 17.3. The standard InChI is InChI=1S/C19H29NO3/c1-11(2)15-9-16(21)17(19(22)20(6)10-15)18-13(4)7-12(3)8-14(5)23-18/h7-8,11,14-15,18,21H,9-10H2,1-6H3/t14?,15?,18-/m1/s1. The van der Waals surface area contributed by atoms with Gasteiger partial charge < -0.3 is 14.7 Å². The summed E-state index contributed by atoms with van der Waals surface area (Å²) in [6.07, 6.45) is 4.00. The number of likely N-dealkylation sites (N-methyl/N-ethyl adjacent to an activating group) is 1. The fourth-order valence-corrected chi connectivity index (χ4v) is 3.41. The maximum atomic E-state index is 12.9. The second-order valence-electron chi connectivity index (χ2n) is 7.27. The Hall–Kier alpha value is -1.55. The first-order valence-electron chi connectivity index (χ1n) is 8.40. The maximum absolute atomic E-state index is 12.9. The summed E-state index contributed by atoms with van der Waals surface area (Å²) in [6, 6.07) is 0. The van der Waals surface area contributed by atoms with Crippen molar-refractivity contribution in [2.75, 3.05) is 13.6 Å². The fourth-order valence-electron chi connectivity index (χ4n) is 3.41. The van der Waals surface area contributed by atoms with Gasteiger partial charge in [-0.2, -0.15) is 0 Å². The van der Waals surface area contributed by atoms with E-state index in [1.54, 1.807) is 11.9 Å². The number of nitrogens with zero attached hydrogens (tertiary/aromatic N) is 1. The molecule has 2 heterocycles. The SMILES string of the molecule is CC1=CC(C)O[C@@H](C2=C(O)CC(C(C)C)CN(C)C2=O)C(C)=C1. The van der Waals surface area contributed by atoms with Crippen LogP contribution < -0.4 is 0 Å². The van der Waals surface area contributed by atoms with Gasteiger partial charge in [0, 0.05) is 20.0 Å². The van der Waals surface area contributed by atoms with E-state index in [9.17, 15) is 9.90 Å². The summed E-state index contributed by atoms with van der Waals surface area (Å²) in [6.45, 7) is 10.9. The van der Waals surface area contributed by atoms with Gasteiger partial charge in [-0.05, 0) is 38.2 Å². The number of aliphatic hydroxyl groups excluding tert-OH is 1. The van der Waals surface area contributed by atoms with E-state index < -0.39 is 6.10 Å². The molecule has 3 atom stereocenters. The summed E-state index contributed by atoms with van der Waals surface area (Å²) in [5.74, 6) is 0.716. The molecule has 4 heteroatoms. The van der Waals surface area contributed by atoms with Gasteiger partial charge in [0.05, 0.1) is 11.7 Å². The van der Waals surface area contributed by atoms with Gasteiger partial charge in [-0.15, -0.1) is 0 Å². The van der Waals surface area contributed by atoms with Crippen LogP contribution in [0.4, 0.5) is 0 Å². The fraction of sp³-hybridized carbons (Fsp3) is 0.632. The van der Waals surface area contributed by atoms with E-state index in [0.717, 1.165) is 11.1 Å². The molecule has 23 heavy (non-hydrogen) atoms. The first kappa shape index (κ1) is 17.8. The molecule has 2 aliphatic rings. The van der Waals surface area contributed by atoms with Crippen LogP contribution in [-0.2, 0) is 9.53 Å². The number of rotatable bonds is 2. The van der Waals surface area contributed by atoms with E-state index in [1.807, 2.05) is 32.9 Å². The first-order chi connectivity index (χ1) is 10.7. The molecule has 0 saturated carbocycles. The maximum Gasteiger partial charge on any atom is 0.255 e. The summed E-state index contributed by atoms with van der Waals surface area (Å²) in [5, 5.41) is 10.7. The highest BCUT2D eigenvalue weighted by molar-refractivity contribution is 5.95. The minimum Gasteiger partial charge on any atom is -0.512 e. The van der Waals surface area contributed by atoms with Crippen molar-refractivity contribution >= 4 is 5.91 Å². The highest BCUT2D eigenvalue weighted by Gasteiger charge is 2.35. The number of amides is 1. The zero-order valence-corrected chi connectivity index (χ0v) is 15.1. The summed E-state index contributed by atoms with van der Waals surface area (Å²) in [7, 11) is 1.80. The molecule has 2 rings (SSSR count). The van der Waals surface area contributed by atoms with Gasteiger partial charge in [0.15, 0.2) is 0 Å². The van der Waals surface area contributed by atoms with Gasteiger partial charge in [0.25, 0.3) is 5.91 Å². The van der Waals surface area contributed by atoms with Crippen LogP contribution in [0, 0.1) is 11.8 Å². The third-order valence-corrected chi connectivity index (χ3v) is 4.77. The van der Waals surface area contributed by atoms with Crippen molar-refractivity contribution in [2.24, 2.45) is 11.8 Å². The number of hydrogen-bond acceptors (Lipinski definition) is 3. The smallest absolute Gasteiger partial charge is 0.255 e. The molecule has 1 N–H and O–H groups in total. The lowest BCUT2D eigenvalue weighted by Crippen LogP contribution is -2.36. The highest BCUT2D eigenvalue weighted by Crippen LogP contribution is 2.32.